The van der Waals surface area contributed by atoms with E-state index in [9.17, 15) is 4.79 Å². The number of primary amides is 1. The summed E-state index contributed by atoms with van der Waals surface area (Å²) in [6.07, 6.45) is 8.65. The summed E-state index contributed by atoms with van der Waals surface area (Å²) in [5, 5.41) is 1.34. The lowest BCUT2D eigenvalue weighted by molar-refractivity contribution is -0.119. The Morgan fingerprint density at radius 3 is 2.79 bits per heavy atom. The summed E-state index contributed by atoms with van der Waals surface area (Å²) in [7, 11) is 0. The molecule has 3 aromatic rings. The van der Waals surface area contributed by atoms with Crippen LogP contribution in [0.3, 0.4) is 0 Å². The number of carbonyl (C=O) groups is 1. The number of amides is 1. The molecule has 0 spiro atoms. The molecule has 174 valence electrons. The average molecular weight is 465 g/mol. The highest BCUT2D eigenvalue weighted by molar-refractivity contribution is 7.18. The van der Waals surface area contributed by atoms with Gasteiger partial charge in [-0.25, -0.2) is 9.98 Å². The van der Waals surface area contributed by atoms with Gasteiger partial charge in [-0.1, -0.05) is 13.8 Å². The first-order chi connectivity index (χ1) is 16.0. The van der Waals surface area contributed by atoms with Gasteiger partial charge in [0.15, 0.2) is 5.82 Å². The molecule has 1 fully saturated rings. The topological polar surface area (TPSA) is 113 Å². The Hall–Kier alpha value is -2.71. The number of aromatic nitrogens is 2. The fraction of sp³-hybridized carbons (Fsp3) is 0.480. The molecule has 7 nitrogen and oxygen atoms in total. The molecule has 1 aliphatic heterocycles. The second-order valence-electron chi connectivity index (χ2n) is 9.56. The van der Waals surface area contributed by atoms with Gasteiger partial charge >= 0.3 is 0 Å². The minimum Gasteiger partial charge on any atom is -0.390 e. The van der Waals surface area contributed by atoms with Crippen LogP contribution in [-0.2, 0) is 17.6 Å². The van der Waals surface area contributed by atoms with Gasteiger partial charge in [0.2, 0.25) is 5.91 Å². The standard InChI is InChI=1S/C25H32N6OS/c1-14(2)22-18-10-20(15-6-8-31(9-7-15)12-21(27)32)33-25(18)30-23(22)19-11-28-24(29-13-26)17-5-3-4-16(17)19/h10-11,13-15,30H,3-9,12H2,1-2H3,(H2,27,32)(H2,26,28,29). The molecule has 0 aromatic carbocycles. The van der Waals surface area contributed by atoms with Crippen LogP contribution < -0.4 is 11.5 Å². The first-order valence-electron chi connectivity index (χ1n) is 11.9. The highest BCUT2D eigenvalue weighted by Crippen LogP contribution is 2.45. The van der Waals surface area contributed by atoms with E-state index < -0.39 is 0 Å². The van der Waals surface area contributed by atoms with Gasteiger partial charge < -0.3 is 16.5 Å². The maximum atomic E-state index is 11.2. The van der Waals surface area contributed by atoms with E-state index in [4.69, 9.17) is 11.5 Å². The highest BCUT2D eigenvalue weighted by Gasteiger charge is 2.27. The Morgan fingerprint density at radius 1 is 1.33 bits per heavy atom. The fourth-order valence-electron chi connectivity index (χ4n) is 5.59. The number of hydrogen-bond acceptors (Lipinski definition) is 5. The zero-order chi connectivity index (χ0) is 23.1. The van der Waals surface area contributed by atoms with Crippen molar-refractivity contribution in [2.24, 2.45) is 16.5 Å². The van der Waals surface area contributed by atoms with Crippen LogP contribution in [-0.4, -0.2) is 46.7 Å². The largest absolute Gasteiger partial charge is 0.390 e. The number of likely N-dealkylation sites (tertiary alicyclic amines) is 1. The molecule has 1 aliphatic carbocycles. The number of pyridine rings is 1. The molecule has 0 radical (unpaired) electrons. The van der Waals surface area contributed by atoms with Crippen molar-refractivity contribution in [1.82, 2.24) is 14.9 Å². The first-order valence-corrected chi connectivity index (χ1v) is 12.7. The van der Waals surface area contributed by atoms with E-state index in [1.165, 1.54) is 49.4 Å². The van der Waals surface area contributed by atoms with Crippen LogP contribution in [0.5, 0.6) is 0 Å². The van der Waals surface area contributed by atoms with Gasteiger partial charge in [0.05, 0.1) is 18.6 Å². The van der Waals surface area contributed by atoms with E-state index in [1.54, 1.807) is 0 Å². The number of aliphatic imine (C=N–C) groups is 1. The highest BCUT2D eigenvalue weighted by atomic mass is 32.1. The predicted molar refractivity (Wildman–Crippen MR) is 135 cm³/mol. The molecule has 1 saturated heterocycles. The summed E-state index contributed by atoms with van der Waals surface area (Å²) in [6.45, 7) is 6.76. The van der Waals surface area contributed by atoms with Gasteiger partial charge in [-0.05, 0) is 74.2 Å². The van der Waals surface area contributed by atoms with E-state index in [0.717, 1.165) is 51.0 Å². The molecule has 33 heavy (non-hydrogen) atoms. The Bertz CT molecular complexity index is 1220. The molecule has 8 heteroatoms. The Balaban J connectivity index is 1.49. The third-order valence-electron chi connectivity index (χ3n) is 7.09. The summed E-state index contributed by atoms with van der Waals surface area (Å²) in [5.41, 5.74) is 17.3. The number of nitrogens with two attached hydrogens (primary N) is 2. The normalized spacial score (nSPS) is 17.5. The Kier molecular flexibility index (Phi) is 5.97. The van der Waals surface area contributed by atoms with Crippen LogP contribution in [0.2, 0.25) is 0 Å². The third-order valence-corrected chi connectivity index (χ3v) is 8.30. The second kappa shape index (κ2) is 8.91. The number of aromatic amines is 1. The first kappa shape index (κ1) is 22.1. The summed E-state index contributed by atoms with van der Waals surface area (Å²) >= 11 is 1.88. The zero-order valence-corrected chi connectivity index (χ0v) is 20.2. The summed E-state index contributed by atoms with van der Waals surface area (Å²) < 4.78 is 0. The van der Waals surface area contributed by atoms with Crippen LogP contribution in [0.25, 0.3) is 21.5 Å². The van der Waals surface area contributed by atoms with E-state index >= 15 is 0 Å². The number of rotatable bonds is 6. The van der Waals surface area contributed by atoms with E-state index in [-0.39, 0.29) is 5.91 Å². The lowest BCUT2D eigenvalue weighted by Gasteiger charge is -2.30. The van der Waals surface area contributed by atoms with Crippen molar-refractivity contribution in [2.75, 3.05) is 19.6 Å². The van der Waals surface area contributed by atoms with Crippen molar-refractivity contribution < 1.29 is 4.79 Å². The summed E-state index contributed by atoms with van der Waals surface area (Å²) in [6, 6.07) is 2.41. The molecule has 4 heterocycles. The molecule has 2 aliphatic rings. The molecule has 3 aromatic heterocycles. The van der Waals surface area contributed by atoms with Crippen LogP contribution in [0.1, 0.15) is 66.5 Å². The molecule has 5 rings (SSSR count). The van der Waals surface area contributed by atoms with Gasteiger partial charge in [0.25, 0.3) is 0 Å². The lowest BCUT2D eigenvalue weighted by Crippen LogP contribution is -2.38. The molecular weight excluding hydrogens is 432 g/mol. The van der Waals surface area contributed by atoms with Crippen LogP contribution in [0.4, 0.5) is 5.82 Å². The quantitative estimate of drug-likeness (QED) is 0.375. The van der Waals surface area contributed by atoms with Crippen molar-refractivity contribution in [3.05, 3.63) is 33.8 Å². The number of carbonyl (C=O) groups excluding carboxylic acids is 1. The number of thiophene rings is 1. The fourth-order valence-corrected chi connectivity index (χ4v) is 6.84. The SMILES string of the molecule is CC(C)c1c(-c2cnc(N=CN)c3c2CCC3)[nH]c2sc(C3CCN(CC(N)=O)CC3)cc12. The Morgan fingerprint density at radius 2 is 2.09 bits per heavy atom. The number of hydrogen-bond donors (Lipinski definition) is 3. The van der Waals surface area contributed by atoms with Gasteiger partial charge in [-0.2, -0.15) is 0 Å². The van der Waals surface area contributed by atoms with Gasteiger partial charge in [0, 0.05) is 27.6 Å². The molecule has 0 atom stereocenters. The molecule has 5 N–H and O–H groups in total. The van der Waals surface area contributed by atoms with Crippen LogP contribution in [0.15, 0.2) is 17.3 Å². The molecule has 0 saturated carbocycles. The number of nitrogens with one attached hydrogen (secondary N) is 1. The maximum Gasteiger partial charge on any atom is 0.231 e. The smallest absolute Gasteiger partial charge is 0.231 e. The van der Waals surface area contributed by atoms with Crippen LogP contribution in [0, 0.1) is 0 Å². The van der Waals surface area contributed by atoms with E-state index in [0.29, 0.717) is 18.4 Å². The van der Waals surface area contributed by atoms with Crippen LogP contribution >= 0.6 is 11.3 Å². The van der Waals surface area contributed by atoms with Crippen molar-refractivity contribution in [2.45, 2.75) is 57.8 Å². The number of nitrogens with zero attached hydrogens (tertiary/aromatic N) is 3. The molecule has 0 unspecified atom stereocenters. The summed E-state index contributed by atoms with van der Waals surface area (Å²) in [4.78, 5) is 28.8. The van der Waals surface area contributed by atoms with E-state index in [2.05, 4.69) is 39.8 Å². The number of piperidine rings is 1. The van der Waals surface area contributed by atoms with Gasteiger partial charge in [-0.15, -0.1) is 11.3 Å². The minimum atomic E-state index is -0.240. The zero-order valence-electron chi connectivity index (χ0n) is 19.4. The van der Waals surface area contributed by atoms with Crippen molar-refractivity contribution in [3.8, 4) is 11.3 Å². The van der Waals surface area contributed by atoms with E-state index in [1.807, 2.05) is 17.5 Å². The monoisotopic (exact) mass is 464 g/mol. The molecule has 0 bridgehead atoms. The lowest BCUT2D eigenvalue weighted by atomic mass is 9.92. The number of H-pyrrole nitrogens is 1. The molecular formula is C25H32N6OS. The van der Waals surface area contributed by atoms with Crippen molar-refractivity contribution in [1.29, 1.82) is 0 Å². The minimum absolute atomic E-state index is 0.240. The van der Waals surface area contributed by atoms with Gasteiger partial charge in [-0.3, -0.25) is 9.69 Å². The maximum absolute atomic E-state index is 11.2. The predicted octanol–water partition coefficient (Wildman–Crippen LogP) is 4.19. The van der Waals surface area contributed by atoms with Crippen molar-refractivity contribution >= 4 is 39.6 Å². The average Bonchev–Trinajstić information content (AvgIpc) is 3.48. The Labute approximate surface area is 198 Å². The van der Waals surface area contributed by atoms with Crippen molar-refractivity contribution in [3.63, 3.8) is 0 Å². The van der Waals surface area contributed by atoms with Gasteiger partial charge in [0.1, 0.15) is 4.83 Å². The third kappa shape index (κ3) is 4.06. The molecule has 1 amide bonds. The number of fused-ring (bicyclic) bond motifs is 2. The summed E-state index contributed by atoms with van der Waals surface area (Å²) in [5.74, 6) is 1.46. The second-order valence-corrected chi connectivity index (χ2v) is 10.6.